The highest BCUT2D eigenvalue weighted by molar-refractivity contribution is 5.38. The van der Waals surface area contributed by atoms with Crippen LogP contribution in [0.2, 0.25) is 0 Å². The molecule has 114 valence electrons. The Morgan fingerprint density at radius 2 is 2.10 bits per heavy atom. The first-order valence-corrected chi connectivity index (χ1v) is 7.30. The molecule has 1 N–H and O–H groups in total. The second-order valence-electron chi connectivity index (χ2n) is 5.25. The molecule has 0 amide bonds. The maximum Gasteiger partial charge on any atom is 0.137 e. The van der Waals surface area contributed by atoms with Gasteiger partial charge in [-0.15, -0.1) is 0 Å². The van der Waals surface area contributed by atoms with Gasteiger partial charge in [0, 0.05) is 24.5 Å². The third-order valence-corrected chi connectivity index (χ3v) is 3.76. The molecule has 0 fully saturated rings. The Labute approximate surface area is 126 Å². The highest BCUT2D eigenvalue weighted by Gasteiger charge is 2.22. The zero-order valence-corrected chi connectivity index (χ0v) is 13.5. The Bertz CT molecular complexity index is 606. The first kappa shape index (κ1) is 15.5. The normalized spacial score (nSPS) is 12.4. The maximum atomic E-state index is 5.30. The number of rotatable bonds is 6. The molecule has 2 aromatic rings. The standard InChI is InChI=1S/C16H24N4O/c1-6-7-18-16(13-8-14(21-5)10-17-9-13)15-11(2)19-20(4)12(15)3/h8-10,16,18H,6-7H2,1-5H3. The molecule has 0 saturated heterocycles. The highest BCUT2D eigenvalue weighted by Crippen LogP contribution is 2.28. The molecule has 0 aliphatic carbocycles. The van der Waals surface area contributed by atoms with Crippen LogP contribution in [0.15, 0.2) is 18.5 Å². The summed E-state index contributed by atoms with van der Waals surface area (Å²) in [7, 11) is 3.64. The zero-order valence-electron chi connectivity index (χ0n) is 13.5. The van der Waals surface area contributed by atoms with Gasteiger partial charge in [0.05, 0.1) is 25.0 Å². The number of pyridine rings is 1. The van der Waals surface area contributed by atoms with E-state index in [9.17, 15) is 0 Å². The lowest BCUT2D eigenvalue weighted by molar-refractivity contribution is 0.411. The van der Waals surface area contributed by atoms with E-state index in [1.807, 2.05) is 24.0 Å². The minimum absolute atomic E-state index is 0.0845. The van der Waals surface area contributed by atoms with Crippen LogP contribution in [0.25, 0.3) is 0 Å². The summed E-state index contributed by atoms with van der Waals surface area (Å²) >= 11 is 0. The first-order valence-electron chi connectivity index (χ1n) is 7.30. The SMILES string of the molecule is CCCNC(c1cncc(OC)c1)c1c(C)nn(C)c1C. The summed E-state index contributed by atoms with van der Waals surface area (Å²) in [6.45, 7) is 7.26. The third-order valence-electron chi connectivity index (χ3n) is 3.76. The van der Waals surface area contributed by atoms with Gasteiger partial charge in [-0.3, -0.25) is 9.67 Å². The monoisotopic (exact) mass is 288 g/mol. The van der Waals surface area contributed by atoms with Crippen molar-refractivity contribution in [2.24, 2.45) is 7.05 Å². The van der Waals surface area contributed by atoms with Gasteiger partial charge in [0.2, 0.25) is 0 Å². The lowest BCUT2D eigenvalue weighted by Gasteiger charge is -2.20. The van der Waals surface area contributed by atoms with Gasteiger partial charge in [0.1, 0.15) is 5.75 Å². The number of nitrogens with one attached hydrogen (secondary N) is 1. The van der Waals surface area contributed by atoms with E-state index in [0.717, 1.165) is 30.0 Å². The topological polar surface area (TPSA) is 52.0 Å². The van der Waals surface area contributed by atoms with Gasteiger partial charge in [-0.25, -0.2) is 0 Å². The summed E-state index contributed by atoms with van der Waals surface area (Å²) in [5.74, 6) is 0.773. The fourth-order valence-corrected chi connectivity index (χ4v) is 2.59. The van der Waals surface area contributed by atoms with Crippen LogP contribution in [0.1, 0.15) is 41.9 Å². The molecule has 0 saturated carbocycles. The summed E-state index contributed by atoms with van der Waals surface area (Å²) in [5.41, 5.74) is 4.54. The molecule has 0 radical (unpaired) electrons. The number of nitrogens with zero attached hydrogens (tertiary/aromatic N) is 3. The van der Waals surface area contributed by atoms with E-state index in [1.54, 1.807) is 13.3 Å². The molecule has 5 nitrogen and oxygen atoms in total. The molecule has 0 aromatic carbocycles. The van der Waals surface area contributed by atoms with Crippen molar-refractivity contribution < 1.29 is 4.74 Å². The van der Waals surface area contributed by atoms with Crippen LogP contribution in [0.3, 0.4) is 0 Å². The summed E-state index contributed by atoms with van der Waals surface area (Å²) in [4.78, 5) is 4.28. The Morgan fingerprint density at radius 3 is 2.67 bits per heavy atom. The molecule has 2 rings (SSSR count). The predicted molar refractivity (Wildman–Crippen MR) is 83.6 cm³/mol. The molecule has 0 bridgehead atoms. The van der Waals surface area contributed by atoms with Crippen molar-refractivity contribution >= 4 is 0 Å². The molecule has 5 heteroatoms. The van der Waals surface area contributed by atoms with Crippen LogP contribution in [-0.2, 0) is 7.05 Å². The van der Waals surface area contributed by atoms with Crippen LogP contribution in [0.4, 0.5) is 0 Å². The van der Waals surface area contributed by atoms with Gasteiger partial charge in [-0.05, 0) is 38.4 Å². The summed E-state index contributed by atoms with van der Waals surface area (Å²) in [5, 5.41) is 8.13. The molecule has 1 atom stereocenters. The largest absolute Gasteiger partial charge is 0.495 e. The van der Waals surface area contributed by atoms with Gasteiger partial charge in [-0.1, -0.05) is 6.92 Å². The van der Waals surface area contributed by atoms with Crippen molar-refractivity contribution in [3.05, 3.63) is 41.0 Å². The maximum absolute atomic E-state index is 5.30. The van der Waals surface area contributed by atoms with Crippen molar-refractivity contribution in [1.29, 1.82) is 0 Å². The van der Waals surface area contributed by atoms with Crippen LogP contribution in [0.5, 0.6) is 5.75 Å². The van der Waals surface area contributed by atoms with Crippen LogP contribution >= 0.6 is 0 Å². The molecule has 1 unspecified atom stereocenters. The van der Waals surface area contributed by atoms with Crippen LogP contribution in [0, 0.1) is 13.8 Å². The minimum atomic E-state index is 0.0845. The Morgan fingerprint density at radius 1 is 1.33 bits per heavy atom. The number of hydrogen-bond acceptors (Lipinski definition) is 4. The third kappa shape index (κ3) is 3.24. The van der Waals surface area contributed by atoms with E-state index in [-0.39, 0.29) is 6.04 Å². The number of aromatic nitrogens is 3. The second-order valence-corrected chi connectivity index (χ2v) is 5.25. The molecule has 0 aliphatic rings. The summed E-state index contributed by atoms with van der Waals surface area (Å²) < 4.78 is 7.23. The zero-order chi connectivity index (χ0) is 15.4. The van der Waals surface area contributed by atoms with Crippen molar-refractivity contribution in [3.8, 4) is 5.75 Å². The highest BCUT2D eigenvalue weighted by atomic mass is 16.5. The number of aryl methyl sites for hydroxylation is 2. The lowest BCUT2D eigenvalue weighted by Crippen LogP contribution is -2.24. The van der Waals surface area contributed by atoms with Gasteiger partial charge < -0.3 is 10.1 Å². The minimum Gasteiger partial charge on any atom is -0.495 e. The van der Waals surface area contributed by atoms with E-state index >= 15 is 0 Å². The lowest BCUT2D eigenvalue weighted by atomic mass is 9.98. The van der Waals surface area contributed by atoms with Crippen molar-refractivity contribution in [3.63, 3.8) is 0 Å². The molecule has 21 heavy (non-hydrogen) atoms. The van der Waals surface area contributed by atoms with Crippen molar-refractivity contribution in [2.45, 2.75) is 33.2 Å². The van der Waals surface area contributed by atoms with Crippen LogP contribution in [-0.4, -0.2) is 28.4 Å². The van der Waals surface area contributed by atoms with Crippen molar-refractivity contribution in [2.75, 3.05) is 13.7 Å². The fourth-order valence-electron chi connectivity index (χ4n) is 2.59. The second kappa shape index (κ2) is 6.72. The Balaban J connectivity index is 2.46. The van der Waals surface area contributed by atoms with Gasteiger partial charge in [-0.2, -0.15) is 5.10 Å². The number of methoxy groups -OCH3 is 1. The Hall–Kier alpha value is -1.88. The summed E-state index contributed by atoms with van der Waals surface area (Å²) in [6.07, 6.45) is 4.69. The summed E-state index contributed by atoms with van der Waals surface area (Å²) in [6, 6.07) is 2.12. The van der Waals surface area contributed by atoms with E-state index in [0.29, 0.717) is 0 Å². The number of hydrogen-bond donors (Lipinski definition) is 1. The molecular formula is C16H24N4O. The van der Waals surface area contributed by atoms with E-state index in [1.165, 1.54) is 11.3 Å². The average Bonchev–Trinajstić information content (AvgIpc) is 2.74. The molecular weight excluding hydrogens is 264 g/mol. The van der Waals surface area contributed by atoms with Crippen molar-refractivity contribution in [1.82, 2.24) is 20.1 Å². The molecule has 2 aromatic heterocycles. The predicted octanol–water partition coefficient (Wildman–Crippen LogP) is 2.53. The first-order chi connectivity index (χ1) is 10.1. The molecule has 0 spiro atoms. The smallest absolute Gasteiger partial charge is 0.137 e. The Kier molecular flexibility index (Phi) is 4.96. The van der Waals surface area contributed by atoms with E-state index in [4.69, 9.17) is 4.74 Å². The van der Waals surface area contributed by atoms with E-state index in [2.05, 4.69) is 36.2 Å². The van der Waals surface area contributed by atoms with Crippen LogP contribution < -0.4 is 10.1 Å². The van der Waals surface area contributed by atoms with Gasteiger partial charge in [0.15, 0.2) is 0 Å². The quantitative estimate of drug-likeness (QED) is 0.887. The average molecular weight is 288 g/mol. The fraction of sp³-hybridized carbons (Fsp3) is 0.500. The van der Waals surface area contributed by atoms with Gasteiger partial charge >= 0.3 is 0 Å². The van der Waals surface area contributed by atoms with Gasteiger partial charge in [0.25, 0.3) is 0 Å². The van der Waals surface area contributed by atoms with E-state index < -0.39 is 0 Å². The molecule has 2 heterocycles. The molecule has 0 aliphatic heterocycles. The number of ether oxygens (including phenoxy) is 1.